The van der Waals surface area contributed by atoms with Crippen LogP contribution >= 0.6 is 0 Å². The molecule has 2 heteroatoms. The number of hydrogen-bond donors (Lipinski definition) is 1. The van der Waals surface area contributed by atoms with Crippen molar-refractivity contribution in [1.82, 2.24) is 10.2 Å². The second-order valence-electron chi connectivity index (χ2n) is 8.22. The molecule has 4 unspecified atom stereocenters. The molecule has 122 valence electrons. The van der Waals surface area contributed by atoms with Crippen molar-refractivity contribution < 1.29 is 0 Å². The van der Waals surface area contributed by atoms with E-state index in [2.05, 4.69) is 24.1 Å². The van der Waals surface area contributed by atoms with E-state index in [4.69, 9.17) is 0 Å². The normalized spacial score (nSPS) is 38.0. The van der Waals surface area contributed by atoms with Gasteiger partial charge >= 0.3 is 0 Å². The summed E-state index contributed by atoms with van der Waals surface area (Å²) in [6.07, 6.45) is 13.0. The SMILES string of the molecule is CCCCC1CC(NCC2CCC2)CN(C2CCC2C)C1. The third-order valence-electron chi connectivity index (χ3n) is 6.49. The second kappa shape index (κ2) is 7.46. The minimum atomic E-state index is 0.772. The molecule has 0 bridgehead atoms. The highest BCUT2D eigenvalue weighted by atomic mass is 15.2. The molecule has 3 fully saturated rings. The van der Waals surface area contributed by atoms with Gasteiger partial charge in [-0.2, -0.15) is 0 Å². The van der Waals surface area contributed by atoms with Gasteiger partial charge in [-0.15, -0.1) is 0 Å². The van der Waals surface area contributed by atoms with Gasteiger partial charge in [-0.25, -0.2) is 0 Å². The number of hydrogen-bond acceptors (Lipinski definition) is 2. The lowest BCUT2D eigenvalue weighted by molar-refractivity contribution is 0.0196. The van der Waals surface area contributed by atoms with Gasteiger partial charge in [0.05, 0.1) is 0 Å². The molecule has 1 aliphatic heterocycles. The van der Waals surface area contributed by atoms with Crippen molar-refractivity contribution in [2.24, 2.45) is 17.8 Å². The van der Waals surface area contributed by atoms with E-state index in [1.54, 1.807) is 0 Å². The third kappa shape index (κ3) is 4.01. The summed E-state index contributed by atoms with van der Waals surface area (Å²) >= 11 is 0. The van der Waals surface area contributed by atoms with Crippen molar-refractivity contribution in [3.05, 3.63) is 0 Å². The van der Waals surface area contributed by atoms with Crippen LogP contribution < -0.4 is 5.32 Å². The summed E-state index contributed by atoms with van der Waals surface area (Å²) in [5.41, 5.74) is 0. The van der Waals surface area contributed by atoms with Crippen LogP contribution in [0.4, 0.5) is 0 Å². The first-order valence-electron chi connectivity index (χ1n) is 9.73. The molecule has 2 aliphatic carbocycles. The van der Waals surface area contributed by atoms with Gasteiger partial charge in [0, 0.05) is 25.2 Å². The maximum atomic E-state index is 3.94. The summed E-state index contributed by atoms with van der Waals surface area (Å²) in [7, 11) is 0. The van der Waals surface area contributed by atoms with Crippen molar-refractivity contribution in [3.63, 3.8) is 0 Å². The van der Waals surface area contributed by atoms with Gasteiger partial charge in [-0.3, -0.25) is 4.90 Å². The number of nitrogens with zero attached hydrogens (tertiary/aromatic N) is 1. The minimum absolute atomic E-state index is 0.772. The summed E-state index contributed by atoms with van der Waals surface area (Å²) < 4.78 is 0. The maximum Gasteiger partial charge on any atom is 0.0198 e. The van der Waals surface area contributed by atoms with E-state index in [1.165, 1.54) is 77.4 Å². The molecule has 0 aromatic rings. The van der Waals surface area contributed by atoms with Crippen LogP contribution in [0.5, 0.6) is 0 Å². The molecule has 1 heterocycles. The Hall–Kier alpha value is -0.0800. The maximum absolute atomic E-state index is 3.94. The monoisotopic (exact) mass is 292 g/mol. The van der Waals surface area contributed by atoms with Crippen LogP contribution in [0.25, 0.3) is 0 Å². The standard InChI is InChI=1S/C19H36N2/c1-3-4-6-17-11-18(20-12-16-7-5-8-16)14-21(13-17)19-10-9-15(19)2/h15-20H,3-14H2,1-2H3. The zero-order chi connectivity index (χ0) is 14.7. The first-order chi connectivity index (χ1) is 10.3. The molecular weight excluding hydrogens is 256 g/mol. The fourth-order valence-corrected chi connectivity index (χ4v) is 4.58. The Labute approximate surface area is 132 Å². The third-order valence-corrected chi connectivity index (χ3v) is 6.49. The average Bonchev–Trinajstić information content (AvgIpc) is 2.41. The summed E-state index contributed by atoms with van der Waals surface area (Å²) in [4.78, 5) is 2.86. The van der Waals surface area contributed by atoms with Gasteiger partial charge in [0.2, 0.25) is 0 Å². The van der Waals surface area contributed by atoms with Gasteiger partial charge in [0.15, 0.2) is 0 Å². The van der Waals surface area contributed by atoms with Crippen molar-refractivity contribution >= 4 is 0 Å². The van der Waals surface area contributed by atoms with E-state index in [0.717, 1.165) is 29.8 Å². The smallest absolute Gasteiger partial charge is 0.0198 e. The van der Waals surface area contributed by atoms with Crippen molar-refractivity contribution in [1.29, 1.82) is 0 Å². The molecule has 1 N–H and O–H groups in total. The molecular formula is C19H36N2. The van der Waals surface area contributed by atoms with Gasteiger partial charge in [0.25, 0.3) is 0 Å². The average molecular weight is 293 g/mol. The van der Waals surface area contributed by atoms with Crippen molar-refractivity contribution in [3.8, 4) is 0 Å². The Morgan fingerprint density at radius 2 is 1.90 bits per heavy atom. The van der Waals surface area contributed by atoms with Gasteiger partial charge in [0.1, 0.15) is 0 Å². The quantitative estimate of drug-likeness (QED) is 0.761. The predicted octanol–water partition coefficient (Wildman–Crippen LogP) is 4.06. The van der Waals surface area contributed by atoms with Crippen LogP contribution in [-0.2, 0) is 0 Å². The zero-order valence-electron chi connectivity index (χ0n) is 14.3. The van der Waals surface area contributed by atoms with E-state index in [-0.39, 0.29) is 0 Å². The summed E-state index contributed by atoms with van der Waals surface area (Å²) in [6, 6.07) is 1.68. The molecule has 0 amide bonds. The first kappa shape index (κ1) is 15.8. The van der Waals surface area contributed by atoms with Crippen molar-refractivity contribution in [2.45, 2.75) is 83.7 Å². The van der Waals surface area contributed by atoms with Gasteiger partial charge in [-0.1, -0.05) is 33.1 Å². The molecule has 21 heavy (non-hydrogen) atoms. The highest BCUT2D eigenvalue weighted by Crippen LogP contribution is 2.35. The minimum Gasteiger partial charge on any atom is -0.312 e. The molecule has 3 aliphatic rings. The summed E-state index contributed by atoms with van der Waals surface area (Å²) in [6.45, 7) is 8.79. The van der Waals surface area contributed by atoms with Crippen molar-refractivity contribution in [2.75, 3.05) is 19.6 Å². The first-order valence-corrected chi connectivity index (χ1v) is 9.73. The highest BCUT2D eigenvalue weighted by Gasteiger charge is 2.37. The van der Waals surface area contributed by atoms with Crippen LogP contribution in [0.15, 0.2) is 0 Å². The molecule has 0 aromatic carbocycles. The highest BCUT2D eigenvalue weighted by molar-refractivity contribution is 4.93. The Balaban J connectivity index is 1.51. The van der Waals surface area contributed by atoms with E-state index >= 15 is 0 Å². The van der Waals surface area contributed by atoms with Crippen LogP contribution in [0.2, 0.25) is 0 Å². The van der Waals surface area contributed by atoms with Crippen LogP contribution in [0.1, 0.15) is 71.6 Å². The summed E-state index contributed by atoms with van der Waals surface area (Å²) in [5.74, 6) is 2.89. The fourth-order valence-electron chi connectivity index (χ4n) is 4.58. The second-order valence-corrected chi connectivity index (χ2v) is 8.22. The number of unbranched alkanes of at least 4 members (excludes halogenated alkanes) is 1. The largest absolute Gasteiger partial charge is 0.312 e. The van der Waals surface area contributed by atoms with E-state index in [9.17, 15) is 0 Å². The van der Waals surface area contributed by atoms with Crippen LogP contribution in [0, 0.1) is 17.8 Å². The van der Waals surface area contributed by atoms with Gasteiger partial charge in [-0.05, 0) is 62.8 Å². The molecule has 0 radical (unpaired) electrons. The Kier molecular flexibility index (Phi) is 5.61. The number of nitrogens with one attached hydrogen (secondary N) is 1. The number of likely N-dealkylation sites (tertiary alicyclic amines) is 1. The topological polar surface area (TPSA) is 15.3 Å². The van der Waals surface area contributed by atoms with Crippen LogP contribution in [0.3, 0.4) is 0 Å². The predicted molar refractivity (Wildman–Crippen MR) is 90.5 cm³/mol. The Bertz CT molecular complexity index is 313. The zero-order valence-corrected chi connectivity index (χ0v) is 14.3. The molecule has 3 rings (SSSR count). The fraction of sp³-hybridized carbons (Fsp3) is 1.00. The number of piperidine rings is 1. The molecule has 2 saturated carbocycles. The lowest BCUT2D eigenvalue weighted by Gasteiger charge is -2.49. The lowest BCUT2D eigenvalue weighted by Crippen LogP contribution is -2.57. The Morgan fingerprint density at radius 1 is 1.05 bits per heavy atom. The molecule has 2 nitrogen and oxygen atoms in total. The van der Waals surface area contributed by atoms with E-state index < -0.39 is 0 Å². The lowest BCUT2D eigenvalue weighted by atomic mass is 9.77. The Morgan fingerprint density at radius 3 is 2.48 bits per heavy atom. The molecule has 4 atom stereocenters. The molecule has 0 spiro atoms. The van der Waals surface area contributed by atoms with E-state index in [0.29, 0.717) is 0 Å². The molecule has 1 saturated heterocycles. The van der Waals surface area contributed by atoms with Crippen LogP contribution in [-0.4, -0.2) is 36.6 Å². The van der Waals surface area contributed by atoms with E-state index in [1.807, 2.05) is 0 Å². The van der Waals surface area contributed by atoms with Gasteiger partial charge < -0.3 is 5.32 Å². The molecule has 0 aromatic heterocycles. The summed E-state index contributed by atoms with van der Waals surface area (Å²) in [5, 5.41) is 3.94. The number of rotatable bonds is 7.